The van der Waals surface area contributed by atoms with E-state index in [0.717, 1.165) is 0 Å². The Morgan fingerprint density at radius 1 is 1.39 bits per heavy atom. The highest BCUT2D eigenvalue weighted by atomic mass is 35.5. The number of anilines is 1. The van der Waals surface area contributed by atoms with Crippen LogP contribution in [0, 0.1) is 0 Å². The molecule has 0 bridgehead atoms. The fourth-order valence-electron chi connectivity index (χ4n) is 2.17. The van der Waals surface area contributed by atoms with Gasteiger partial charge in [-0.25, -0.2) is 8.42 Å². The zero-order chi connectivity index (χ0) is 16.9. The highest BCUT2D eigenvalue weighted by Gasteiger charge is 2.25. The summed E-state index contributed by atoms with van der Waals surface area (Å²) in [4.78, 5) is 12.0. The molecule has 1 aromatic rings. The summed E-state index contributed by atoms with van der Waals surface area (Å²) >= 11 is 5.89. The summed E-state index contributed by atoms with van der Waals surface area (Å²) in [6.07, 6.45) is -0.143. The van der Waals surface area contributed by atoms with Gasteiger partial charge in [-0.05, 0) is 18.2 Å². The number of methoxy groups -OCH3 is 1. The van der Waals surface area contributed by atoms with Crippen LogP contribution in [-0.4, -0.2) is 57.8 Å². The second kappa shape index (κ2) is 7.96. The van der Waals surface area contributed by atoms with Gasteiger partial charge in [-0.15, -0.1) is 0 Å². The molecule has 2 rings (SSSR count). The Bertz CT molecular complexity index is 659. The van der Waals surface area contributed by atoms with Crippen LogP contribution in [0.2, 0.25) is 5.02 Å². The molecule has 1 amide bonds. The van der Waals surface area contributed by atoms with Gasteiger partial charge in [0, 0.05) is 24.5 Å². The minimum Gasteiger partial charge on any atom is -0.495 e. The van der Waals surface area contributed by atoms with Crippen molar-refractivity contribution in [1.82, 2.24) is 4.31 Å². The lowest BCUT2D eigenvalue weighted by atomic mass is 10.3. The second-order valence-electron chi connectivity index (χ2n) is 4.97. The van der Waals surface area contributed by atoms with Gasteiger partial charge < -0.3 is 14.8 Å². The van der Waals surface area contributed by atoms with Gasteiger partial charge in [-0.2, -0.15) is 4.31 Å². The standard InChI is InChI=1S/C14H19ClN2O5S/c1-21-13-3-2-11(15)10-12(13)16-14(18)4-9-23(19,20)17-5-7-22-8-6-17/h2-3,10H,4-9H2,1H3,(H,16,18). The van der Waals surface area contributed by atoms with Crippen molar-refractivity contribution >= 4 is 33.2 Å². The third-order valence-electron chi connectivity index (χ3n) is 3.39. The molecule has 0 saturated carbocycles. The number of benzene rings is 1. The van der Waals surface area contributed by atoms with Crippen LogP contribution >= 0.6 is 11.6 Å². The Morgan fingerprint density at radius 3 is 2.74 bits per heavy atom. The molecule has 128 valence electrons. The minimum absolute atomic E-state index is 0.143. The Hall–Kier alpha value is -1.35. The predicted octanol–water partition coefficient (Wildman–Crippen LogP) is 1.34. The first-order valence-electron chi connectivity index (χ1n) is 7.11. The summed E-state index contributed by atoms with van der Waals surface area (Å²) in [7, 11) is -1.99. The third kappa shape index (κ3) is 5.07. The molecule has 0 aromatic heterocycles. The summed E-state index contributed by atoms with van der Waals surface area (Å²) in [6, 6.07) is 4.82. The van der Waals surface area contributed by atoms with E-state index in [1.807, 2.05) is 0 Å². The lowest BCUT2D eigenvalue weighted by molar-refractivity contribution is -0.115. The van der Waals surface area contributed by atoms with E-state index >= 15 is 0 Å². The molecule has 1 aromatic carbocycles. The van der Waals surface area contributed by atoms with Crippen molar-refractivity contribution in [2.45, 2.75) is 6.42 Å². The molecular formula is C14H19ClN2O5S. The van der Waals surface area contributed by atoms with Crippen LogP contribution in [-0.2, 0) is 19.6 Å². The van der Waals surface area contributed by atoms with Gasteiger partial charge >= 0.3 is 0 Å². The molecule has 1 aliphatic rings. The van der Waals surface area contributed by atoms with Gasteiger partial charge in [0.15, 0.2) is 0 Å². The molecule has 0 atom stereocenters. The summed E-state index contributed by atoms with van der Waals surface area (Å²) in [5, 5.41) is 3.07. The van der Waals surface area contributed by atoms with E-state index < -0.39 is 15.9 Å². The normalized spacial score (nSPS) is 16.1. The van der Waals surface area contributed by atoms with Gasteiger partial charge in [0.05, 0.1) is 31.8 Å². The van der Waals surface area contributed by atoms with Crippen molar-refractivity contribution in [2.75, 3.05) is 44.5 Å². The molecule has 0 spiro atoms. The molecule has 0 unspecified atom stereocenters. The quantitative estimate of drug-likeness (QED) is 0.825. The number of amides is 1. The number of rotatable bonds is 6. The van der Waals surface area contributed by atoms with E-state index in [2.05, 4.69) is 5.32 Å². The van der Waals surface area contributed by atoms with Crippen LogP contribution in [0.3, 0.4) is 0 Å². The van der Waals surface area contributed by atoms with E-state index in [-0.39, 0.29) is 12.2 Å². The van der Waals surface area contributed by atoms with E-state index in [0.29, 0.717) is 42.8 Å². The van der Waals surface area contributed by atoms with E-state index in [1.54, 1.807) is 18.2 Å². The molecule has 9 heteroatoms. The first kappa shape index (κ1) is 18.0. The van der Waals surface area contributed by atoms with Crippen molar-refractivity contribution in [3.8, 4) is 5.75 Å². The number of hydrogen-bond donors (Lipinski definition) is 1. The summed E-state index contributed by atoms with van der Waals surface area (Å²) < 4.78 is 35.9. The number of halogens is 1. The van der Waals surface area contributed by atoms with Crippen LogP contribution in [0.4, 0.5) is 5.69 Å². The van der Waals surface area contributed by atoms with E-state index in [9.17, 15) is 13.2 Å². The largest absolute Gasteiger partial charge is 0.495 e. The molecule has 1 N–H and O–H groups in total. The average molecular weight is 363 g/mol. The number of nitrogens with zero attached hydrogens (tertiary/aromatic N) is 1. The molecule has 1 aliphatic heterocycles. The highest BCUT2D eigenvalue weighted by Crippen LogP contribution is 2.27. The number of carbonyl (C=O) groups is 1. The van der Waals surface area contributed by atoms with Gasteiger partial charge in [0.2, 0.25) is 15.9 Å². The predicted molar refractivity (Wildman–Crippen MR) is 87.4 cm³/mol. The smallest absolute Gasteiger partial charge is 0.225 e. The number of ether oxygens (including phenoxy) is 2. The van der Waals surface area contributed by atoms with Crippen molar-refractivity contribution in [2.24, 2.45) is 0 Å². The average Bonchev–Trinajstić information content (AvgIpc) is 2.54. The van der Waals surface area contributed by atoms with Crippen molar-refractivity contribution in [3.63, 3.8) is 0 Å². The first-order valence-corrected chi connectivity index (χ1v) is 9.10. The van der Waals surface area contributed by atoms with Crippen LogP contribution < -0.4 is 10.1 Å². The van der Waals surface area contributed by atoms with Crippen LogP contribution in [0.1, 0.15) is 6.42 Å². The monoisotopic (exact) mass is 362 g/mol. The van der Waals surface area contributed by atoms with Crippen LogP contribution in [0.5, 0.6) is 5.75 Å². The molecular weight excluding hydrogens is 344 g/mol. The Morgan fingerprint density at radius 2 is 2.09 bits per heavy atom. The molecule has 1 saturated heterocycles. The zero-order valence-corrected chi connectivity index (χ0v) is 14.3. The van der Waals surface area contributed by atoms with E-state index in [4.69, 9.17) is 21.1 Å². The Kier molecular flexibility index (Phi) is 6.23. The molecule has 0 aliphatic carbocycles. The Balaban J connectivity index is 1.93. The van der Waals surface area contributed by atoms with Gasteiger partial charge in [0.1, 0.15) is 5.75 Å². The minimum atomic E-state index is -3.46. The van der Waals surface area contributed by atoms with E-state index in [1.165, 1.54) is 11.4 Å². The summed E-state index contributed by atoms with van der Waals surface area (Å²) in [5.41, 5.74) is 0.411. The number of nitrogens with one attached hydrogen (secondary N) is 1. The fourth-order valence-corrected chi connectivity index (χ4v) is 3.75. The maximum Gasteiger partial charge on any atom is 0.225 e. The topological polar surface area (TPSA) is 84.9 Å². The maximum atomic E-state index is 12.2. The molecule has 1 fully saturated rings. The van der Waals surface area contributed by atoms with Crippen molar-refractivity contribution < 1.29 is 22.7 Å². The molecule has 7 nitrogen and oxygen atoms in total. The van der Waals surface area contributed by atoms with Crippen LogP contribution in [0.15, 0.2) is 18.2 Å². The lowest BCUT2D eigenvalue weighted by Crippen LogP contribution is -2.42. The van der Waals surface area contributed by atoms with Crippen molar-refractivity contribution in [1.29, 1.82) is 0 Å². The van der Waals surface area contributed by atoms with Gasteiger partial charge in [-0.3, -0.25) is 4.79 Å². The summed E-state index contributed by atoms with van der Waals surface area (Å²) in [6.45, 7) is 1.41. The third-order valence-corrected chi connectivity index (χ3v) is 5.49. The second-order valence-corrected chi connectivity index (χ2v) is 7.50. The fraction of sp³-hybridized carbons (Fsp3) is 0.500. The molecule has 1 heterocycles. The zero-order valence-electron chi connectivity index (χ0n) is 12.7. The lowest BCUT2D eigenvalue weighted by Gasteiger charge is -2.25. The van der Waals surface area contributed by atoms with Crippen molar-refractivity contribution in [3.05, 3.63) is 23.2 Å². The molecule has 23 heavy (non-hydrogen) atoms. The summed E-state index contributed by atoms with van der Waals surface area (Å²) in [5.74, 6) is -0.206. The SMILES string of the molecule is COc1ccc(Cl)cc1NC(=O)CCS(=O)(=O)N1CCOCC1. The Labute approximate surface area is 140 Å². The highest BCUT2D eigenvalue weighted by molar-refractivity contribution is 7.89. The van der Waals surface area contributed by atoms with Gasteiger partial charge in [0.25, 0.3) is 0 Å². The number of hydrogen-bond acceptors (Lipinski definition) is 5. The first-order chi connectivity index (χ1) is 10.9. The van der Waals surface area contributed by atoms with Crippen LogP contribution in [0.25, 0.3) is 0 Å². The number of sulfonamides is 1. The maximum absolute atomic E-state index is 12.2. The molecule has 0 radical (unpaired) electrons. The van der Waals surface area contributed by atoms with Gasteiger partial charge in [-0.1, -0.05) is 11.6 Å². The number of carbonyl (C=O) groups excluding carboxylic acids is 1. The number of morpholine rings is 1.